The Hall–Kier alpha value is -0.730. The molecule has 0 aromatic carbocycles. The third-order valence-corrected chi connectivity index (χ3v) is 2.60. The zero-order valence-corrected chi connectivity index (χ0v) is 11.1. The molecule has 0 fully saturated rings. The van der Waals surface area contributed by atoms with E-state index in [2.05, 4.69) is 50.2 Å². The highest BCUT2D eigenvalue weighted by molar-refractivity contribution is 5.79. The van der Waals surface area contributed by atoms with Crippen molar-refractivity contribution >= 4 is 5.96 Å². The maximum absolute atomic E-state index is 4.20. The van der Waals surface area contributed by atoms with Gasteiger partial charge in [-0.2, -0.15) is 0 Å². The molecule has 0 saturated heterocycles. The molecule has 3 heteroatoms. The average molecular weight is 213 g/mol. The largest absolute Gasteiger partial charge is 0.356 e. The van der Waals surface area contributed by atoms with Crippen LogP contribution in [0.1, 0.15) is 41.0 Å². The van der Waals surface area contributed by atoms with Crippen LogP contribution < -0.4 is 10.6 Å². The number of nitrogens with zero attached hydrogens (tertiary/aromatic N) is 1. The molecule has 0 aromatic heterocycles. The molecule has 0 saturated carbocycles. The van der Waals surface area contributed by atoms with Gasteiger partial charge in [0.15, 0.2) is 5.96 Å². The zero-order valence-electron chi connectivity index (χ0n) is 11.1. The number of rotatable bonds is 5. The summed E-state index contributed by atoms with van der Waals surface area (Å²) in [5, 5.41) is 6.70. The maximum atomic E-state index is 4.20. The number of aliphatic imine (C=N–C) groups is 1. The lowest BCUT2D eigenvalue weighted by atomic mass is 10.1. The lowest BCUT2D eigenvalue weighted by molar-refractivity contribution is 0.478. The Balaban J connectivity index is 3.84. The number of hydrogen-bond donors (Lipinski definition) is 2. The van der Waals surface area contributed by atoms with E-state index in [1.54, 1.807) is 0 Å². The van der Waals surface area contributed by atoms with Crippen LogP contribution >= 0.6 is 0 Å². The zero-order chi connectivity index (χ0) is 11.8. The van der Waals surface area contributed by atoms with Gasteiger partial charge in [-0.05, 0) is 25.2 Å². The van der Waals surface area contributed by atoms with Gasteiger partial charge in [-0.1, -0.05) is 27.7 Å². The van der Waals surface area contributed by atoms with Gasteiger partial charge in [0.25, 0.3) is 0 Å². The summed E-state index contributed by atoms with van der Waals surface area (Å²) >= 11 is 0. The van der Waals surface area contributed by atoms with E-state index >= 15 is 0 Å². The molecule has 0 aliphatic carbocycles. The summed E-state index contributed by atoms with van der Waals surface area (Å²) in [6.07, 6.45) is 1.18. The molecular weight excluding hydrogens is 186 g/mol. The first-order valence-corrected chi connectivity index (χ1v) is 5.94. The van der Waals surface area contributed by atoms with Crippen molar-refractivity contribution in [1.29, 1.82) is 0 Å². The Labute approximate surface area is 94.7 Å². The fourth-order valence-electron chi connectivity index (χ4n) is 1.06. The second-order valence-corrected chi connectivity index (χ2v) is 4.86. The van der Waals surface area contributed by atoms with Gasteiger partial charge in [0.1, 0.15) is 0 Å². The second kappa shape index (κ2) is 7.55. The Morgan fingerprint density at radius 3 is 2.13 bits per heavy atom. The van der Waals surface area contributed by atoms with Crippen molar-refractivity contribution in [2.24, 2.45) is 16.8 Å². The number of hydrogen-bond acceptors (Lipinski definition) is 1. The molecular formula is C12H27N3. The predicted octanol–water partition coefficient (Wildman–Crippen LogP) is 2.24. The van der Waals surface area contributed by atoms with Crippen molar-refractivity contribution in [2.75, 3.05) is 13.6 Å². The van der Waals surface area contributed by atoms with Crippen LogP contribution in [0.2, 0.25) is 0 Å². The summed E-state index contributed by atoms with van der Waals surface area (Å²) in [5.41, 5.74) is 0. The minimum atomic E-state index is 0.454. The second-order valence-electron chi connectivity index (χ2n) is 4.86. The van der Waals surface area contributed by atoms with Crippen molar-refractivity contribution < 1.29 is 0 Å². The van der Waals surface area contributed by atoms with Gasteiger partial charge in [0.05, 0.1) is 0 Å². The van der Waals surface area contributed by atoms with E-state index in [9.17, 15) is 0 Å². The molecule has 3 nitrogen and oxygen atoms in total. The molecule has 1 unspecified atom stereocenters. The van der Waals surface area contributed by atoms with Crippen molar-refractivity contribution in [3.8, 4) is 0 Å². The fourth-order valence-corrected chi connectivity index (χ4v) is 1.06. The lowest BCUT2D eigenvalue weighted by Crippen LogP contribution is -2.44. The van der Waals surface area contributed by atoms with Crippen LogP contribution in [0.25, 0.3) is 0 Å². The Kier molecular flexibility index (Phi) is 7.18. The van der Waals surface area contributed by atoms with E-state index in [4.69, 9.17) is 0 Å². The first kappa shape index (κ1) is 14.3. The third-order valence-electron chi connectivity index (χ3n) is 2.60. The maximum Gasteiger partial charge on any atom is 0.191 e. The molecule has 90 valence electrons. The van der Waals surface area contributed by atoms with Gasteiger partial charge in [-0.25, -0.2) is 0 Å². The van der Waals surface area contributed by atoms with Gasteiger partial charge in [0, 0.05) is 19.6 Å². The molecule has 0 bridgehead atoms. The topological polar surface area (TPSA) is 36.4 Å². The summed E-state index contributed by atoms with van der Waals surface area (Å²) in [6, 6.07) is 0.454. The molecule has 0 aliphatic rings. The van der Waals surface area contributed by atoms with Crippen LogP contribution in [0.5, 0.6) is 0 Å². The Morgan fingerprint density at radius 2 is 1.73 bits per heavy atom. The highest BCUT2D eigenvalue weighted by Crippen LogP contribution is 1.99. The van der Waals surface area contributed by atoms with Crippen LogP contribution in [0.15, 0.2) is 4.99 Å². The van der Waals surface area contributed by atoms with E-state index in [-0.39, 0.29) is 0 Å². The van der Waals surface area contributed by atoms with E-state index in [0.29, 0.717) is 12.0 Å². The van der Waals surface area contributed by atoms with Crippen molar-refractivity contribution in [1.82, 2.24) is 10.6 Å². The first-order valence-electron chi connectivity index (χ1n) is 5.94. The van der Waals surface area contributed by atoms with Crippen LogP contribution in [0.4, 0.5) is 0 Å². The SMILES string of the molecule is CN=C(NCCC(C)C)NC(C)C(C)C. The molecule has 1 atom stereocenters. The van der Waals surface area contributed by atoms with Crippen molar-refractivity contribution in [2.45, 2.75) is 47.1 Å². The summed E-state index contributed by atoms with van der Waals surface area (Å²) in [6.45, 7) is 12.0. The smallest absolute Gasteiger partial charge is 0.191 e. The fraction of sp³-hybridized carbons (Fsp3) is 0.917. The van der Waals surface area contributed by atoms with E-state index in [1.807, 2.05) is 7.05 Å². The van der Waals surface area contributed by atoms with E-state index in [0.717, 1.165) is 18.4 Å². The van der Waals surface area contributed by atoms with Crippen molar-refractivity contribution in [3.63, 3.8) is 0 Å². The molecule has 0 aromatic rings. The van der Waals surface area contributed by atoms with E-state index < -0.39 is 0 Å². The first-order chi connectivity index (χ1) is 6.97. The van der Waals surface area contributed by atoms with Crippen LogP contribution in [-0.2, 0) is 0 Å². The minimum Gasteiger partial charge on any atom is -0.356 e. The van der Waals surface area contributed by atoms with Gasteiger partial charge in [-0.15, -0.1) is 0 Å². The molecule has 0 amide bonds. The molecule has 0 heterocycles. The molecule has 0 rings (SSSR count). The quantitative estimate of drug-likeness (QED) is 0.543. The Morgan fingerprint density at radius 1 is 1.13 bits per heavy atom. The molecule has 2 N–H and O–H groups in total. The summed E-state index contributed by atoms with van der Waals surface area (Å²) < 4.78 is 0. The third kappa shape index (κ3) is 7.23. The average Bonchev–Trinajstić information content (AvgIpc) is 2.15. The van der Waals surface area contributed by atoms with E-state index in [1.165, 1.54) is 6.42 Å². The monoisotopic (exact) mass is 213 g/mol. The van der Waals surface area contributed by atoms with Gasteiger partial charge >= 0.3 is 0 Å². The molecule has 0 radical (unpaired) electrons. The minimum absolute atomic E-state index is 0.454. The molecule has 0 spiro atoms. The highest BCUT2D eigenvalue weighted by atomic mass is 15.2. The lowest BCUT2D eigenvalue weighted by Gasteiger charge is -2.21. The van der Waals surface area contributed by atoms with Gasteiger partial charge < -0.3 is 10.6 Å². The highest BCUT2D eigenvalue weighted by Gasteiger charge is 2.08. The normalized spacial score (nSPS) is 14.5. The van der Waals surface area contributed by atoms with Crippen LogP contribution in [0.3, 0.4) is 0 Å². The summed E-state index contributed by atoms with van der Waals surface area (Å²) in [7, 11) is 1.82. The predicted molar refractivity (Wildman–Crippen MR) is 68.3 cm³/mol. The van der Waals surface area contributed by atoms with Crippen LogP contribution in [0, 0.1) is 11.8 Å². The number of nitrogens with one attached hydrogen (secondary N) is 2. The molecule has 15 heavy (non-hydrogen) atoms. The van der Waals surface area contributed by atoms with Crippen LogP contribution in [-0.4, -0.2) is 25.6 Å². The number of guanidine groups is 1. The van der Waals surface area contributed by atoms with Crippen molar-refractivity contribution in [3.05, 3.63) is 0 Å². The summed E-state index contributed by atoms with van der Waals surface area (Å²) in [4.78, 5) is 4.20. The Bertz CT molecular complexity index is 185. The summed E-state index contributed by atoms with van der Waals surface area (Å²) in [5.74, 6) is 2.27. The standard InChI is InChI=1S/C12H27N3/c1-9(2)7-8-14-12(13-6)15-11(5)10(3)4/h9-11H,7-8H2,1-6H3,(H2,13,14,15). The van der Waals surface area contributed by atoms with Gasteiger partial charge in [0.2, 0.25) is 0 Å². The molecule has 0 aliphatic heterocycles. The van der Waals surface area contributed by atoms with Gasteiger partial charge in [-0.3, -0.25) is 4.99 Å².